The highest BCUT2D eigenvalue weighted by Crippen LogP contribution is 2.25. The van der Waals surface area contributed by atoms with E-state index in [0.717, 1.165) is 19.4 Å². The zero-order valence-electron chi connectivity index (χ0n) is 11.5. The van der Waals surface area contributed by atoms with E-state index < -0.39 is 0 Å². The summed E-state index contributed by atoms with van der Waals surface area (Å²) in [7, 11) is 0. The molecule has 0 spiro atoms. The average Bonchev–Trinajstić information content (AvgIpc) is 2.38. The summed E-state index contributed by atoms with van der Waals surface area (Å²) in [6.45, 7) is 6.23. The quantitative estimate of drug-likeness (QED) is 0.743. The minimum Gasteiger partial charge on any atom is -0.396 e. The van der Waals surface area contributed by atoms with E-state index in [1.54, 1.807) is 0 Å². The van der Waals surface area contributed by atoms with Crippen LogP contribution < -0.4 is 5.73 Å². The summed E-state index contributed by atoms with van der Waals surface area (Å²) in [6.07, 6.45) is 1.76. The predicted molar refractivity (Wildman–Crippen MR) is 76.4 cm³/mol. The van der Waals surface area contributed by atoms with Crippen LogP contribution in [0.3, 0.4) is 0 Å². The lowest BCUT2D eigenvalue weighted by Crippen LogP contribution is -2.37. The van der Waals surface area contributed by atoms with E-state index in [0.29, 0.717) is 18.6 Å². The summed E-state index contributed by atoms with van der Waals surface area (Å²) in [4.78, 5) is 2.43. The Labute approximate surface area is 111 Å². The lowest BCUT2D eigenvalue weighted by atomic mass is 10.00. The van der Waals surface area contributed by atoms with Crippen molar-refractivity contribution in [3.63, 3.8) is 0 Å². The maximum absolute atomic E-state index is 9.03. The molecule has 3 N–H and O–H groups in total. The maximum Gasteiger partial charge on any atom is 0.0443 e. The molecule has 1 aromatic rings. The van der Waals surface area contributed by atoms with Gasteiger partial charge in [0.2, 0.25) is 0 Å². The first-order chi connectivity index (χ1) is 8.70. The predicted octanol–water partition coefficient (Wildman–Crippen LogP) is 2.17. The molecule has 0 aromatic heterocycles. The number of nitrogens with two attached hydrogens (primary N) is 1. The highest BCUT2D eigenvalue weighted by atomic mass is 16.3. The molecule has 0 heterocycles. The van der Waals surface area contributed by atoms with Gasteiger partial charge in [-0.15, -0.1) is 0 Å². The van der Waals surface area contributed by atoms with Crippen molar-refractivity contribution in [3.8, 4) is 0 Å². The van der Waals surface area contributed by atoms with Crippen molar-refractivity contribution in [2.45, 2.75) is 38.8 Å². The van der Waals surface area contributed by atoms with E-state index in [1.807, 2.05) is 6.07 Å². The molecule has 1 unspecified atom stereocenters. The Morgan fingerprint density at radius 1 is 1.22 bits per heavy atom. The summed E-state index contributed by atoms with van der Waals surface area (Å²) < 4.78 is 0. The monoisotopic (exact) mass is 250 g/mol. The van der Waals surface area contributed by atoms with Crippen LogP contribution in [-0.4, -0.2) is 35.7 Å². The van der Waals surface area contributed by atoms with Gasteiger partial charge in [-0.05, 0) is 38.8 Å². The van der Waals surface area contributed by atoms with Crippen molar-refractivity contribution in [3.05, 3.63) is 35.9 Å². The Hall–Kier alpha value is -0.900. The van der Waals surface area contributed by atoms with Gasteiger partial charge in [0.05, 0.1) is 0 Å². The number of aliphatic hydroxyl groups is 1. The number of hydrogen-bond donors (Lipinski definition) is 2. The van der Waals surface area contributed by atoms with E-state index in [1.165, 1.54) is 5.56 Å². The smallest absolute Gasteiger partial charge is 0.0443 e. The Morgan fingerprint density at radius 3 is 2.39 bits per heavy atom. The largest absolute Gasteiger partial charge is 0.396 e. The van der Waals surface area contributed by atoms with E-state index >= 15 is 0 Å². The molecule has 3 heteroatoms. The number of aliphatic hydroxyl groups excluding tert-OH is 1. The van der Waals surface area contributed by atoms with Crippen LogP contribution in [0.2, 0.25) is 0 Å². The normalized spacial score (nSPS) is 13.2. The molecule has 0 bridgehead atoms. The van der Waals surface area contributed by atoms with Gasteiger partial charge in [-0.3, -0.25) is 4.90 Å². The van der Waals surface area contributed by atoms with Crippen LogP contribution in [-0.2, 0) is 0 Å². The molecule has 0 saturated carbocycles. The molecule has 0 aliphatic carbocycles. The van der Waals surface area contributed by atoms with Crippen molar-refractivity contribution in [2.24, 2.45) is 5.73 Å². The maximum atomic E-state index is 9.03. The van der Waals surface area contributed by atoms with Gasteiger partial charge in [0, 0.05) is 25.2 Å². The van der Waals surface area contributed by atoms with Gasteiger partial charge in [0.1, 0.15) is 0 Å². The lowest BCUT2D eigenvalue weighted by Gasteiger charge is -2.35. The summed E-state index contributed by atoms with van der Waals surface area (Å²) >= 11 is 0. The number of hydrogen-bond acceptors (Lipinski definition) is 3. The minimum atomic E-state index is 0.243. The van der Waals surface area contributed by atoms with Gasteiger partial charge in [-0.25, -0.2) is 0 Å². The second kappa shape index (κ2) is 8.25. The molecule has 18 heavy (non-hydrogen) atoms. The number of benzene rings is 1. The molecule has 1 aromatic carbocycles. The highest BCUT2D eigenvalue weighted by molar-refractivity contribution is 5.19. The Morgan fingerprint density at radius 2 is 1.89 bits per heavy atom. The zero-order valence-corrected chi connectivity index (χ0v) is 11.5. The minimum absolute atomic E-state index is 0.243. The molecular weight excluding hydrogens is 224 g/mol. The van der Waals surface area contributed by atoms with E-state index in [-0.39, 0.29) is 6.61 Å². The fraction of sp³-hybridized carbons (Fsp3) is 0.600. The molecule has 0 aliphatic rings. The molecule has 102 valence electrons. The molecule has 3 nitrogen and oxygen atoms in total. The lowest BCUT2D eigenvalue weighted by molar-refractivity contribution is 0.132. The third kappa shape index (κ3) is 4.41. The van der Waals surface area contributed by atoms with Gasteiger partial charge in [-0.2, -0.15) is 0 Å². The topological polar surface area (TPSA) is 49.5 Å². The van der Waals surface area contributed by atoms with Crippen LogP contribution in [0.5, 0.6) is 0 Å². The van der Waals surface area contributed by atoms with Gasteiger partial charge < -0.3 is 10.8 Å². The first-order valence-electron chi connectivity index (χ1n) is 6.82. The first kappa shape index (κ1) is 15.2. The third-order valence-corrected chi connectivity index (χ3v) is 3.26. The Balaban J connectivity index is 2.86. The van der Waals surface area contributed by atoms with Crippen LogP contribution in [0.4, 0.5) is 0 Å². The fourth-order valence-corrected chi connectivity index (χ4v) is 2.38. The average molecular weight is 250 g/mol. The van der Waals surface area contributed by atoms with Crippen molar-refractivity contribution < 1.29 is 5.11 Å². The van der Waals surface area contributed by atoms with Crippen molar-refractivity contribution in [2.75, 3.05) is 19.7 Å². The van der Waals surface area contributed by atoms with Crippen molar-refractivity contribution in [1.29, 1.82) is 0 Å². The number of nitrogens with zero attached hydrogens (tertiary/aromatic N) is 1. The number of rotatable bonds is 8. The summed E-state index contributed by atoms with van der Waals surface area (Å²) in [6, 6.07) is 11.3. The Kier molecular flexibility index (Phi) is 6.94. The molecule has 0 aliphatic heterocycles. The molecule has 0 amide bonds. The summed E-state index contributed by atoms with van der Waals surface area (Å²) in [5.41, 5.74) is 7.07. The third-order valence-electron chi connectivity index (χ3n) is 3.26. The zero-order chi connectivity index (χ0) is 13.4. The highest BCUT2D eigenvalue weighted by Gasteiger charge is 2.21. The van der Waals surface area contributed by atoms with Gasteiger partial charge in [0.15, 0.2) is 0 Å². The molecule has 0 saturated heterocycles. The van der Waals surface area contributed by atoms with Crippen LogP contribution >= 0.6 is 0 Å². The van der Waals surface area contributed by atoms with Gasteiger partial charge >= 0.3 is 0 Å². The van der Waals surface area contributed by atoms with Crippen molar-refractivity contribution >= 4 is 0 Å². The van der Waals surface area contributed by atoms with Crippen LogP contribution in [0.25, 0.3) is 0 Å². The summed E-state index contributed by atoms with van der Waals surface area (Å²) in [5, 5.41) is 9.03. The fourth-order valence-electron chi connectivity index (χ4n) is 2.38. The molecule has 1 rings (SSSR count). The molecule has 0 radical (unpaired) electrons. The van der Waals surface area contributed by atoms with Crippen LogP contribution in [0.15, 0.2) is 30.3 Å². The second-order valence-electron chi connectivity index (χ2n) is 4.91. The van der Waals surface area contributed by atoms with Crippen LogP contribution in [0.1, 0.15) is 38.3 Å². The van der Waals surface area contributed by atoms with E-state index in [4.69, 9.17) is 10.8 Å². The van der Waals surface area contributed by atoms with E-state index in [9.17, 15) is 0 Å². The van der Waals surface area contributed by atoms with Gasteiger partial charge in [-0.1, -0.05) is 30.3 Å². The molecular formula is C15H26N2O. The molecule has 1 atom stereocenters. The van der Waals surface area contributed by atoms with Crippen LogP contribution in [0, 0.1) is 0 Å². The van der Waals surface area contributed by atoms with E-state index in [2.05, 4.69) is 43.0 Å². The first-order valence-corrected chi connectivity index (χ1v) is 6.82. The SMILES string of the molecule is CC(C)N(CCCO)C(CCN)c1ccccc1. The Bertz CT molecular complexity index is 314. The van der Waals surface area contributed by atoms with Crippen molar-refractivity contribution in [1.82, 2.24) is 4.90 Å². The molecule has 0 fully saturated rings. The summed E-state index contributed by atoms with van der Waals surface area (Å²) in [5.74, 6) is 0. The standard InChI is InChI=1S/C15H26N2O/c1-13(2)17(11-6-12-18)15(9-10-16)14-7-4-3-5-8-14/h3-5,7-8,13,15,18H,6,9-12,16H2,1-2H3. The van der Waals surface area contributed by atoms with Gasteiger partial charge in [0.25, 0.3) is 0 Å². The second-order valence-corrected chi connectivity index (χ2v) is 4.91.